The molecule has 0 unspecified atom stereocenters. The van der Waals surface area contributed by atoms with Crippen LogP contribution in [0, 0.1) is 10.8 Å². The lowest BCUT2D eigenvalue weighted by Crippen LogP contribution is -2.60. The second-order valence-electron chi connectivity index (χ2n) is 6.92. The van der Waals surface area contributed by atoms with Crippen LogP contribution in [0.5, 0.6) is 0 Å². The highest BCUT2D eigenvalue weighted by atomic mass is 16.5. The highest BCUT2D eigenvalue weighted by molar-refractivity contribution is 6.53. The molecule has 1 spiro atoms. The van der Waals surface area contributed by atoms with Gasteiger partial charge in [0.1, 0.15) is 6.54 Å². The Morgan fingerprint density at radius 3 is 2.72 bits per heavy atom. The van der Waals surface area contributed by atoms with Gasteiger partial charge in [-0.25, -0.2) is 5.01 Å². The minimum absolute atomic E-state index is 0.121. The van der Waals surface area contributed by atoms with Crippen LogP contribution in [0.15, 0.2) is 16.9 Å². The van der Waals surface area contributed by atoms with E-state index in [1.165, 1.54) is 6.20 Å². The number of nitrogens with zero attached hydrogens (tertiary/aromatic N) is 2. The van der Waals surface area contributed by atoms with Gasteiger partial charge in [0.25, 0.3) is 5.91 Å². The van der Waals surface area contributed by atoms with Gasteiger partial charge in [-0.1, -0.05) is 6.92 Å². The summed E-state index contributed by atoms with van der Waals surface area (Å²) in [4.78, 5) is 24.8. The quantitative estimate of drug-likeness (QED) is 0.605. The number of amides is 2. The average Bonchev–Trinajstić information content (AvgIpc) is 2.51. The van der Waals surface area contributed by atoms with Gasteiger partial charge in [0.2, 0.25) is 5.91 Å². The van der Waals surface area contributed by atoms with Crippen molar-refractivity contribution in [3.63, 3.8) is 0 Å². The molecule has 1 saturated heterocycles. The van der Waals surface area contributed by atoms with E-state index in [9.17, 15) is 9.59 Å². The van der Waals surface area contributed by atoms with E-state index in [0.29, 0.717) is 18.7 Å². The maximum Gasteiger partial charge on any atom is 0.278 e. The molecular formula is C17H25N5O3. The molecule has 2 aliphatic heterocycles. The highest BCUT2D eigenvalue weighted by Gasteiger charge is 2.50. The van der Waals surface area contributed by atoms with Crippen molar-refractivity contribution >= 4 is 23.2 Å². The van der Waals surface area contributed by atoms with E-state index in [1.807, 2.05) is 13.8 Å². The molecule has 2 heterocycles. The van der Waals surface area contributed by atoms with Gasteiger partial charge in [0.05, 0.1) is 30.2 Å². The zero-order valence-electron chi connectivity index (χ0n) is 14.7. The summed E-state index contributed by atoms with van der Waals surface area (Å²) in [5.74, 6) is -0.639. The molecule has 1 aliphatic carbocycles. The second kappa shape index (κ2) is 6.95. The molecule has 0 aromatic rings. The van der Waals surface area contributed by atoms with E-state index >= 15 is 0 Å². The van der Waals surface area contributed by atoms with E-state index < -0.39 is 5.91 Å². The van der Waals surface area contributed by atoms with Crippen LogP contribution >= 0.6 is 0 Å². The van der Waals surface area contributed by atoms with Gasteiger partial charge < -0.3 is 15.4 Å². The maximum atomic E-state index is 12.5. The maximum absolute atomic E-state index is 12.5. The summed E-state index contributed by atoms with van der Waals surface area (Å²) in [6.07, 6.45) is 3.93. The monoisotopic (exact) mass is 347 g/mol. The zero-order chi connectivity index (χ0) is 18.0. The Balaban J connectivity index is 1.61. The molecular weight excluding hydrogens is 322 g/mol. The van der Waals surface area contributed by atoms with Gasteiger partial charge in [-0.3, -0.25) is 15.0 Å². The Kier molecular flexibility index (Phi) is 4.89. The van der Waals surface area contributed by atoms with Crippen LogP contribution in [0.25, 0.3) is 0 Å². The number of nitrogens with one attached hydrogen (secondary N) is 3. The first-order valence-corrected chi connectivity index (χ1v) is 8.77. The molecule has 0 atom stereocenters. The molecule has 2 fully saturated rings. The van der Waals surface area contributed by atoms with Crippen LogP contribution in [0.3, 0.4) is 0 Å². The molecule has 3 rings (SSSR count). The fourth-order valence-corrected chi connectivity index (χ4v) is 3.46. The van der Waals surface area contributed by atoms with Crippen LogP contribution in [-0.4, -0.2) is 60.6 Å². The van der Waals surface area contributed by atoms with Crippen molar-refractivity contribution in [2.75, 3.05) is 26.3 Å². The van der Waals surface area contributed by atoms with Crippen LogP contribution in [0.4, 0.5) is 0 Å². The Hall–Kier alpha value is -2.22. The van der Waals surface area contributed by atoms with E-state index in [1.54, 1.807) is 0 Å². The normalized spacial score (nSPS) is 24.0. The molecule has 8 nitrogen and oxygen atoms in total. The third-order valence-corrected chi connectivity index (χ3v) is 4.88. The summed E-state index contributed by atoms with van der Waals surface area (Å²) in [7, 11) is 0. The first-order chi connectivity index (χ1) is 12.0. The van der Waals surface area contributed by atoms with Gasteiger partial charge in [0.15, 0.2) is 0 Å². The Bertz CT molecular complexity index is 643. The van der Waals surface area contributed by atoms with Gasteiger partial charge in [-0.05, 0) is 26.2 Å². The molecule has 3 aliphatic rings. The lowest BCUT2D eigenvalue weighted by molar-refractivity contribution is -0.169. The molecule has 8 heteroatoms. The zero-order valence-corrected chi connectivity index (χ0v) is 14.7. The van der Waals surface area contributed by atoms with Crippen LogP contribution in [0.1, 0.15) is 33.1 Å². The Morgan fingerprint density at radius 2 is 2.16 bits per heavy atom. The number of hydrogen-bond acceptors (Lipinski definition) is 6. The fourth-order valence-electron chi connectivity index (χ4n) is 3.46. The topological polar surface area (TPSA) is 107 Å². The molecule has 136 valence electrons. The van der Waals surface area contributed by atoms with Crippen molar-refractivity contribution in [1.82, 2.24) is 15.6 Å². The largest absolute Gasteiger partial charge is 0.390 e. The minimum Gasteiger partial charge on any atom is -0.390 e. The number of carbonyl (C=O) groups excluding carboxylic acids is 2. The number of hydrazone groups is 1. The third kappa shape index (κ3) is 3.44. The average molecular weight is 347 g/mol. The molecule has 2 amide bonds. The Labute approximate surface area is 147 Å². The van der Waals surface area contributed by atoms with Crippen molar-refractivity contribution in [3.05, 3.63) is 11.8 Å². The van der Waals surface area contributed by atoms with Gasteiger partial charge in [-0.2, -0.15) is 5.10 Å². The number of hydrogen-bond donors (Lipinski definition) is 3. The van der Waals surface area contributed by atoms with Gasteiger partial charge in [0, 0.05) is 24.2 Å². The lowest BCUT2D eigenvalue weighted by atomic mass is 9.64. The number of carbonyl (C=O) groups is 2. The smallest absolute Gasteiger partial charge is 0.278 e. The minimum atomic E-state index is -0.421. The Morgan fingerprint density at radius 1 is 1.44 bits per heavy atom. The third-order valence-electron chi connectivity index (χ3n) is 4.88. The van der Waals surface area contributed by atoms with E-state index in [-0.39, 0.29) is 35.2 Å². The van der Waals surface area contributed by atoms with Crippen molar-refractivity contribution in [3.8, 4) is 0 Å². The van der Waals surface area contributed by atoms with E-state index in [2.05, 4.69) is 15.7 Å². The highest BCUT2D eigenvalue weighted by Crippen LogP contribution is 2.46. The molecule has 1 saturated carbocycles. The standard InChI is InChI=1S/C17H25N5O3/c1-3-13-15(18)12(7-19-4-2)16(24)22(21-13)8-14(23)20-11-5-17(6-11)9-25-10-17/h7,11,18-19H,3-6,8-10H2,1-2H3,(H,20,23)/b12-7+,18-15?. The van der Waals surface area contributed by atoms with E-state index in [4.69, 9.17) is 10.1 Å². The molecule has 0 aromatic heterocycles. The summed E-state index contributed by atoms with van der Waals surface area (Å²) in [6.45, 7) is 5.88. The number of ether oxygens (including phenoxy) is 1. The van der Waals surface area contributed by atoms with Crippen LogP contribution in [-0.2, 0) is 14.3 Å². The predicted octanol–water partition coefficient (Wildman–Crippen LogP) is 0.403. The van der Waals surface area contributed by atoms with Crippen LogP contribution in [0.2, 0.25) is 0 Å². The summed E-state index contributed by atoms with van der Waals surface area (Å²) in [6, 6.07) is 0.154. The van der Waals surface area contributed by atoms with Crippen LogP contribution < -0.4 is 10.6 Å². The summed E-state index contributed by atoms with van der Waals surface area (Å²) < 4.78 is 5.23. The molecule has 0 radical (unpaired) electrons. The first kappa shape index (κ1) is 17.6. The molecule has 0 aromatic carbocycles. The summed E-state index contributed by atoms with van der Waals surface area (Å²) in [5, 5.41) is 19.4. The SMILES string of the molecule is CCN/C=C1\C(=N)C(CC)=NN(CC(=O)NC2CC3(COC3)C2)C1=O. The predicted molar refractivity (Wildman–Crippen MR) is 93.3 cm³/mol. The van der Waals surface area contributed by atoms with Crippen molar-refractivity contribution < 1.29 is 14.3 Å². The molecule has 25 heavy (non-hydrogen) atoms. The van der Waals surface area contributed by atoms with Crippen molar-refractivity contribution in [2.45, 2.75) is 39.2 Å². The molecule has 0 bridgehead atoms. The summed E-state index contributed by atoms with van der Waals surface area (Å²) in [5.41, 5.74) is 1.15. The lowest BCUT2D eigenvalue weighted by Gasteiger charge is -2.53. The fraction of sp³-hybridized carbons (Fsp3) is 0.647. The first-order valence-electron chi connectivity index (χ1n) is 8.77. The molecule has 3 N–H and O–H groups in total. The second-order valence-corrected chi connectivity index (χ2v) is 6.92. The summed E-state index contributed by atoms with van der Waals surface area (Å²) >= 11 is 0. The van der Waals surface area contributed by atoms with Crippen molar-refractivity contribution in [1.29, 1.82) is 5.41 Å². The van der Waals surface area contributed by atoms with Gasteiger partial charge >= 0.3 is 0 Å². The van der Waals surface area contributed by atoms with Gasteiger partial charge in [-0.15, -0.1) is 0 Å². The van der Waals surface area contributed by atoms with E-state index in [0.717, 1.165) is 31.1 Å². The van der Waals surface area contributed by atoms with Crippen molar-refractivity contribution in [2.24, 2.45) is 10.5 Å². The number of rotatable bonds is 6.